The van der Waals surface area contributed by atoms with Gasteiger partial charge in [-0.25, -0.2) is 4.39 Å². The Morgan fingerprint density at radius 1 is 1.33 bits per heavy atom. The Balaban J connectivity index is 1.63. The van der Waals surface area contributed by atoms with E-state index in [1.54, 1.807) is 36.5 Å². The third-order valence-electron chi connectivity index (χ3n) is 5.01. The van der Waals surface area contributed by atoms with Gasteiger partial charge in [-0.15, -0.1) is 0 Å². The van der Waals surface area contributed by atoms with Gasteiger partial charge >= 0.3 is 0 Å². The molecule has 2 aromatic carbocycles. The molecule has 1 aliphatic rings. The van der Waals surface area contributed by atoms with Gasteiger partial charge in [-0.1, -0.05) is 17.7 Å². The Labute approximate surface area is 183 Å². The van der Waals surface area contributed by atoms with Crippen LogP contribution in [0.3, 0.4) is 0 Å². The summed E-state index contributed by atoms with van der Waals surface area (Å²) in [5, 5.41) is 7.27. The maximum Gasteiger partial charge on any atom is 0.171 e. The van der Waals surface area contributed by atoms with Crippen LogP contribution in [0.5, 0.6) is 5.75 Å². The van der Waals surface area contributed by atoms with Crippen LogP contribution in [0.15, 0.2) is 36.5 Å². The topological polar surface area (TPSA) is 63.2 Å². The third-order valence-corrected chi connectivity index (χ3v) is 5.60. The number of fused-ring (bicyclic) bond motifs is 1. The van der Waals surface area contributed by atoms with Crippen LogP contribution in [0.25, 0.3) is 10.9 Å². The first-order valence-electron chi connectivity index (χ1n) is 9.45. The summed E-state index contributed by atoms with van der Waals surface area (Å²) in [5.41, 5.74) is 2.75. The summed E-state index contributed by atoms with van der Waals surface area (Å²) in [6.07, 6.45) is 4.84. The molecule has 8 heteroatoms. The molecule has 0 bridgehead atoms. The van der Waals surface area contributed by atoms with Gasteiger partial charge in [0.05, 0.1) is 23.9 Å². The van der Waals surface area contributed by atoms with Gasteiger partial charge in [-0.05, 0) is 54.4 Å². The van der Waals surface area contributed by atoms with Gasteiger partial charge in [0.15, 0.2) is 11.4 Å². The molecule has 0 aliphatic heterocycles. The number of hydrogen-bond donors (Lipinski definition) is 2. The Morgan fingerprint density at radius 3 is 2.83 bits per heavy atom. The maximum absolute atomic E-state index is 15.0. The number of carbonyl (C=O) groups excluding carboxylic acids is 1. The number of anilines is 1. The number of rotatable bonds is 6. The first-order valence-corrected chi connectivity index (χ1v) is 10.2. The standard InChI is InChI=1S/C22H19ClFN3O2S/c1-29-19-10-18-16(9-14(19)11-28)12(6-7-25-18)8-13-2-5-17(20(23)21(13)24)27-22(30)26-15-3-4-15/h2,5-7,9-11,15H,3-4,8H2,1H3,(H2,26,27,30). The van der Waals surface area contributed by atoms with Crippen molar-refractivity contribution in [2.24, 2.45) is 0 Å². The summed E-state index contributed by atoms with van der Waals surface area (Å²) < 4.78 is 20.2. The van der Waals surface area contributed by atoms with E-state index in [0.29, 0.717) is 45.7 Å². The predicted molar refractivity (Wildman–Crippen MR) is 120 cm³/mol. The minimum atomic E-state index is -0.509. The van der Waals surface area contributed by atoms with E-state index in [-0.39, 0.29) is 5.02 Å². The summed E-state index contributed by atoms with van der Waals surface area (Å²) in [6, 6.07) is 9.00. The lowest BCUT2D eigenvalue weighted by Gasteiger charge is -2.14. The van der Waals surface area contributed by atoms with Gasteiger partial charge in [0, 0.05) is 30.1 Å². The molecule has 0 amide bonds. The summed E-state index contributed by atoms with van der Waals surface area (Å²) in [6.45, 7) is 0. The second-order valence-electron chi connectivity index (χ2n) is 7.15. The number of aldehydes is 1. The SMILES string of the molecule is COc1cc2nccc(Cc3ccc(NC(=S)NC4CC4)c(Cl)c3F)c2cc1C=O. The van der Waals surface area contributed by atoms with Crippen molar-refractivity contribution < 1.29 is 13.9 Å². The fourth-order valence-electron chi connectivity index (χ4n) is 3.27. The molecule has 1 saturated carbocycles. The number of pyridine rings is 1. The van der Waals surface area contributed by atoms with Crippen molar-refractivity contribution >= 4 is 51.8 Å². The van der Waals surface area contributed by atoms with Crippen molar-refractivity contribution in [2.45, 2.75) is 25.3 Å². The number of thiocarbonyl (C=S) groups is 1. The largest absolute Gasteiger partial charge is 0.496 e. The molecule has 0 radical (unpaired) electrons. The first kappa shape index (κ1) is 20.5. The Hall–Kier alpha value is -2.77. The van der Waals surface area contributed by atoms with E-state index in [1.165, 1.54) is 7.11 Å². The zero-order valence-electron chi connectivity index (χ0n) is 16.2. The molecule has 2 N–H and O–H groups in total. The van der Waals surface area contributed by atoms with Gasteiger partial charge in [-0.2, -0.15) is 0 Å². The molecule has 30 heavy (non-hydrogen) atoms. The van der Waals surface area contributed by atoms with Crippen molar-refractivity contribution in [3.05, 3.63) is 64.1 Å². The number of aromatic nitrogens is 1. The molecule has 5 nitrogen and oxygen atoms in total. The number of methoxy groups -OCH3 is 1. The van der Waals surface area contributed by atoms with Crippen LogP contribution in [0.2, 0.25) is 5.02 Å². The van der Waals surface area contributed by atoms with E-state index in [0.717, 1.165) is 30.1 Å². The summed E-state index contributed by atoms with van der Waals surface area (Å²) in [4.78, 5) is 15.7. The van der Waals surface area contributed by atoms with E-state index in [2.05, 4.69) is 15.6 Å². The average molecular weight is 444 g/mol. The third kappa shape index (κ3) is 4.22. The minimum Gasteiger partial charge on any atom is -0.496 e. The van der Waals surface area contributed by atoms with Crippen LogP contribution in [0, 0.1) is 5.82 Å². The molecule has 0 unspecified atom stereocenters. The van der Waals surface area contributed by atoms with Crippen molar-refractivity contribution in [1.29, 1.82) is 0 Å². The molecule has 0 atom stereocenters. The summed E-state index contributed by atoms with van der Waals surface area (Å²) in [7, 11) is 1.50. The highest BCUT2D eigenvalue weighted by atomic mass is 35.5. The van der Waals surface area contributed by atoms with E-state index in [4.69, 9.17) is 28.6 Å². The molecule has 1 aliphatic carbocycles. The number of nitrogens with zero attached hydrogens (tertiary/aromatic N) is 1. The molecule has 3 aromatic rings. The second-order valence-corrected chi connectivity index (χ2v) is 7.94. The maximum atomic E-state index is 15.0. The fraction of sp³-hybridized carbons (Fsp3) is 0.227. The smallest absolute Gasteiger partial charge is 0.171 e. The molecule has 1 aromatic heterocycles. The van der Waals surface area contributed by atoms with E-state index >= 15 is 4.39 Å². The van der Waals surface area contributed by atoms with Crippen LogP contribution < -0.4 is 15.4 Å². The summed E-state index contributed by atoms with van der Waals surface area (Å²) >= 11 is 11.5. The average Bonchev–Trinajstić information content (AvgIpc) is 3.56. The van der Waals surface area contributed by atoms with Crippen LogP contribution in [0.1, 0.15) is 34.3 Å². The molecule has 0 spiro atoms. The number of halogens is 2. The lowest BCUT2D eigenvalue weighted by Crippen LogP contribution is -2.30. The van der Waals surface area contributed by atoms with Gasteiger partial charge in [0.2, 0.25) is 0 Å². The molecule has 1 fully saturated rings. The fourth-order valence-corrected chi connectivity index (χ4v) is 3.78. The zero-order valence-corrected chi connectivity index (χ0v) is 17.7. The molecular weight excluding hydrogens is 425 g/mol. The van der Waals surface area contributed by atoms with Gasteiger partial charge in [0.25, 0.3) is 0 Å². The highest BCUT2D eigenvalue weighted by Crippen LogP contribution is 2.31. The van der Waals surface area contributed by atoms with Crippen molar-refractivity contribution in [3.63, 3.8) is 0 Å². The monoisotopic (exact) mass is 443 g/mol. The van der Waals surface area contributed by atoms with Crippen LogP contribution in [-0.4, -0.2) is 29.5 Å². The van der Waals surface area contributed by atoms with Gasteiger partial charge in [-0.3, -0.25) is 9.78 Å². The van der Waals surface area contributed by atoms with Gasteiger partial charge in [0.1, 0.15) is 16.6 Å². The normalized spacial score (nSPS) is 13.2. The number of benzene rings is 2. The lowest BCUT2D eigenvalue weighted by atomic mass is 9.99. The van der Waals surface area contributed by atoms with E-state index in [9.17, 15) is 4.79 Å². The molecule has 4 rings (SSSR count). The lowest BCUT2D eigenvalue weighted by molar-refractivity contribution is 0.112. The van der Waals surface area contributed by atoms with E-state index in [1.807, 2.05) is 0 Å². The highest BCUT2D eigenvalue weighted by molar-refractivity contribution is 7.80. The summed E-state index contributed by atoms with van der Waals surface area (Å²) in [5.74, 6) is -0.0625. The Morgan fingerprint density at radius 2 is 2.13 bits per heavy atom. The quantitative estimate of drug-likeness (QED) is 0.418. The van der Waals surface area contributed by atoms with Crippen molar-refractivity contribution in [2.75, 3.05) is 12.4 Å². The number of carbonyl (C=O) groups is 1. The molecule has 0 saturated heterocycles. The van der Waals surface area contributed by atoms with Crippen LogP contribution in [0.4, 0.5) is 10.1 Å². The predicted octanol–water partition coefficient (Wildman–Crippen LogP) is 4.89. The van der Waals surface area contributed by atoms with Gasteiger partial charge < -0.3 is 15.4 Å². The van der Waals surface area contributed by atoms with Crippen molar-refractivity contribution in [3.8, 4) is 5.75 Å². The molecular formula is C22H19ClFN3O2S. The number of hydrogen-bond acceptors (Lipinski definition) is 4. The second kappa shape index (κ2) is 8.53. The zero-order chi connectivity index (χ0) is 21.3. The highest BCUT2D eigenvalue weighted by Gasteiger charge is 2.22. The molecule has 1 heterocycles. The Bertz CT molecular complexity index is 1150. The minimum absolute atomic E-state index is 0.0129. The molecule has 154 valence electrons. The number of nitrogens with one attached hydrogen (secondary N) is 2. The van der Waals surface area contributed by atoms with Crippen LogP contribution >= 0.6 is 23.8 Å². The number of ether oxygens (including phenoxy) is 1. The Kier molecular flexibility index (Phi) is 5.83. The van der Waals surface area contributed by atoms with E-state index < -0.39 is 5.82 Å². The first-order chi connectivity index (χ1) is 14.5. The van der Waals surface area contributed by atoms with Crippen molar-refractivity contribution in [1.82, 2.24) is 10.3 Å². The van der Waals surface area contributed by atoms with Crippen LogP contribution in [-0.2, 0) is 6.42 Å².